The van der Waals surface area contributed by atoms with E-state index in [1.54, 1.807) is 4.68 Å². The van der Waals surface area contributed by atoms with Gasteiger partial charge in [0, 0.05) is 11.1 Å². The summed E-state index contributed by atoms with van der Waals surface area (Å²) in [5.74, 6) is 0.155. The molecule has 0 radical (unpaired) electrons. The van der Waals surface area contributed by atoms with E-state index in [1.807, 2.05) is 38.1 Å². The summed E-state index contributed by atoms with van der Waals surface area (Å²) >= 11 is 0. The van der Waals surface area contributed by atoms with Crippen molar-refractivity contribution in [2.45, 2.75) is 19.9 Å². The molecule has 126 valence electrons. The van der Waals surface area contributed by atoms with Gasteiger partial charge < -0.3 is 10.1 Å². The van der Waals surface area contributed by atoms with E-state index in [0.717, 1.165) is 10.9 Å². The van der Waals surface area contributed by atoms with Gasteiger partial charge in [-0.2, -0.15) is 10.1 Å². The minimum atomic E-state index is -0.489. The highest BCUT2D eigenvalue weighted by Crippen LogP contribution is 2.34. The highest BCUT2D eigenvalue weighted by molar-refractivity contribution is 5.92. The van der Waals surface area contributed by atoms with Gasteiger partial charge in [-0.05, 0) is 32.0 Å². The molecule has 3 heterocycles. The van der Waals surface area contributed by atoms with Crippen LogP contribution in [0.2, 0.25) is 0 Å². The first kappa shape index (κ1) is 15.3. The summed E-state index contributed by atoms with van der Waals surface area (Å²) in [7, 11) is 1.37. The SMILES string of the molecule is COC(=O)C1=C(C)Nc2ncnn2C1c1ccc2cc(C)ccc2n1. The fourth-order valence-electron chi connectivity index (χ4n) is 3.15. The largest absolute Gasteiger partial charge is 0.466 e. The van der Waals surface area contributed by atoms with Crippen LogP contribution < -0.4 is 5.32 Å². The van der Waals surface area contributed by atoms with Gasteiger partial charge in [0.25, 0.3) is 0 Å². The number of rotatable bonds is 2. The van der Waals surface area contributed by atoms with E-state index in [4.69, 9.17) is 9.72 Å². The zero-order valence-electron chi connectivity index (χ0n) is 14.1. The van der Waals surface area contributed by atoms with E-state index in [-0.39, 0.29) is 0 Å². The van der Waals surface area contributed by atoms with Crippen molar-refractivity contribution >= 4 is 22.8 Å². The molecular weight excluding hydrogens is 318 g/mol. The number of aromatic nitrogens is 4. The number of carbonyl (C=O) groups is 1. The molecule has 0 bridgehead atoms. The van der Waals surface area contributed by atoms with Crippen LogP contribution in [0.4, 0.5) is 5.95 Å². The lowest BCUT2D eigenvalue weighted by Gasteiger charge is -2.27. The molecular formula is C18H17N5O2. The number of nitrogens with zero attached hydrogens (tertiary/aromatic N) is 4. The van der Waals surface area contributed by atoms with Crippen molar-refractivity contribution in [2.24, 2.45) is 0 Å². The van der Waals surface area contributed by atoms with Crippen molar-refractivity contribution in [3.8, 4) is 0 Å². The number of hydrogen-bond acceptors (Lipinski definition) is 6. The zero-order valence-corrected chi connectivity index (χ0v) is 14.1. The number of allylic oxidation sites excluding steroid dienone is 1. The lowest BCUT2D eigenvalue weighted by atomic mass is 9.99. The van der Waals surface area contributed by atoms with E-state index < -0.39 is 12.0 Å². The van der Waals surface area contributed by atoms with Gasteiger partial charge in [0.05, 0.1) is 23.9 Å². The maximum atomic E-state index is 12.4. The van der Waals surface area contributed by atoms with Crippen LogP contribution in [0.1, 0.15) is 24.2 Å². The minimum absolute atomic E-state index is 0.415. The highest BCUT2D eigenvalue weighted by atomic mass is 16.5. The Balaban J connectivity index is 1.92. The summed E-state index contributed by atoms with van der Waals surface area (Å²) in [6, 6.07) is 9.51. The molecule has 4 rings (SSSR count). The lowest BCUT2D eigenvalue weighted by molar-refractivity contribution is -0.136. The Labute approximate surface area is 144 Å². The number of hydrogen-bond donors (Lipinski definition) is 1. The number of fused-ring (bicyclic) bond motifs is 2. The second-order valence-corrected chi connectivity index (χ2v) is 6.02. The van der Waals surface area contributed by atoms with Crippen LogP contribution in [0.3, 0.4) is 0 Å². The number of methoxy groups -OCH3 is 1. The molecule has 0 aliphatic carbocycles. The predicted molar refractivity (Wildman–Crippen MR) is 93.0 cm³/mol. The number of aryl methyl sites for hydroxylation is 1. The molecule has 0 spiro atoms. The second kappa shape index (κ2) is 5.70. The molecule has 3 aromatic rings. The van der Waals surface area contributed by atoms with Gasteiger partial charge in [0.1, 0.15) is 12.4 Å². The van der Waals surface area contributed by atoms with E-state index >= 15 is 0 Å². The first-order valence-corrected chi connectivity index (χ1v) is 7.91. The van der Waals surface area contributed by atoms with Crippen molar-refractivity contribution in [1.29, 1.82) is 0 Å². The van der Waals surface area contributed by atoms with Crippen LogP contribution in [0, 0.1) is 6.92 Å². The fourth-order valence-corrected chi connectivity index (χ4v) is 3.15. The third-order valence-corrected chi connectivity index (χ3v) is 4.35. The summed E-state index contributed by atoms with van der Waals surface area (Å²) < 4.78 is 6.63. The van der Waals surface area contributed by atoms with Gasteiger partial charge in [-0.3, -0.25) is 4.98 Å². The smallest absolute Gasteiger partial charge is 0.338 e. The monoisotopic (exact) mass is 335 g/mol. The standard InChI is InChI=1S/C18H17N5O2/c1-10-4-6-13-12(8-10)5-7-14(22-13)16-15(17(24)25-3)11(2)21-18-19-9-20-23(16)18/h4-9,16H,1-3H3,(H,19,20,21). The minimum Gasteiger partial charge on any atom is -0.466 e. The number of nitrogens with one attached hydrogen (secondary N) is 1. The van der Waals surface area contributed by atoms with Crippen LogP contribution in [0.15, 0.2) is 47.9 Å². The Kier molecular flexibility index (Phi) is 3.49. The zero-order chi connectivity index (χ0) is 17.6. The van der Waals surface area contributed by atoms with Gasteiger partial charge in [0.2, 0.25) is 5.95 Å². The molecule has 1 unspecified atom stereocenters. The van der Waals surface area contributed by atoms with Gasteiger partial charge in [0.15, 0.2) is 0 Å². The van der Waals surface area contributed by atoms with Gasteiger partial charge in [-0.15, -0.1) is 0 Å². The van der Waals surface area contributed by atoms with Crippen molar-refractivity contribution in [3.05, 3.63) is 59.2 Å². The molecule has 7 heteroatoms. The molecule has 1 aliphatic heterocycles. The van der Waals surface area contributed by atoms with Crippen molar-refractivity contribution in [2.75, 3.05) is 12.4 Å². The van der Waals surface area contributed by atoms with Crippen LogP contribution >= 0.6 is 0 Å². The second-order valence-electron chi connectivity index (χ2n) is 6.02. The average Bonchev–Trinajstić information content (AvgIpc) is 3.07. The summed E-state index contributed by atoms with van der Waals surface area (Å²) in [5, 5.41) is 8.41. The van der Waals surface area contributed by atoms with Crippen LogP contribution in [-0.4, -0.2) is 32.8 Å². The fraction of sp³-hybridized carbons (Fsp3) is 0.222. The molecule has 0 saturated carbocycles. The lowest BCUT2D eigenvalue weighted by Crippen LogP contribution is -2.29. The number of carbonyl (C=O) groups excluding carboxylic acids is 1. The van der Waals surface area contributed by atoms with E-state index in [2.05, 4.69) is 21.5 Å². The van der Waals surface area contributed by atoms with E-state index in [9.17, 15) is 4.79 Å². The molecule has 1 atom stereocenters. The Morgan fingerprint density at radius 2 is 2.08 bits per heavy atom. The number of esters is 1. The van der Waals surface area contributed by atoms with Crippen molar-refractivity contribution in [3.63, 3.8) is 0 Å². The molecule has 0 saturated heterocycles. The Morgan fingerprint density at radius 1 is 1.24 bits per heavy atom. The Bertz CT molecular complexity index is 1020. The first-order chi connectivity index (χ1) is 12.1. The summed E-state index contributed by atoms with van der Waals surface area (Å²) in [4.78, 5) is 21.4. The van der Waals surface area contributed by atoms with E-state index in [0.29, 0.717) is 22.9 Å². The molecule has 7 nitrogen and oxygen atoms in total. The summed E-state index contributed by atoms with van der Waals surface area (Å²) in [6.07, 6.45) is 1.45. The molecule has 0 fully saturated rings. The summed E-state index contributed by atoms with van der Waals surface area (Å²) in [5.41, 5.74) is 3.91. The number of benzene rings is 1. The quantitative estimate of drug-likeness (QED) is 0.725. The predicted octanol–water partition coefficient (Wildman–Crippen LogP) is 2.60. The highest BCUT2D eigenvalue weighted by Gasteiger charge is 2.34. The normalized spacial score (nSPS) is 16.5. The topological polar surface area (TPSA) is 81.9 Å². The maximum absolute atomic E-state index is 12.4. The van der Waals surface area contributed by atoms with Gasteiger partial charge in [-0.1, -0.05) is 17.7 Å². The van der Waals surface area contributed by atoms with E-state index in [1.165, 1.54) is 19.0 Å². The molecule has 2 aromatic heterocycles. The van der Waals surface area contributed by atoms with Crippen LogP contribution in [0.25, 0.3) is 10.9 Å². The third kappa shape index (κ3) is 2.44. The number of ether oxygens (including phenoxy) is 1. The van der Waals surface area contributed by atoms with Crippen LogP contribution in [0.5, 0.6) is 0 Å². The average molecular weight is 335 g/mol. The molecule has 25 heavy (non-hydrogen) atoms. The molecule has 0 amide bonds. The summed E-state index contributed by atoms with van der Waals surface area (Å²) in [6.45, 7) is 3.87. The van der Waals surface area contributed by atoms with Gasteiger partial charge in [-0.25, -0.2) is 9.48 Å². The maximum Gasteiger partial charge on any atom is 0.338 e. The van der Waals surface area contributed by atoms with Crippen molar-refractivity contribution in [1.82, 2.24) is 19.7 Å². The Morgan fingerprint density at radius 3 is 2.88 bits per heavy atom. The number of pyridine rings is 1. The molecule has 1 aliphatic rings. The van der Waals surface area contributed by atoms with Crippen molar-refractivity contribution < 1.29 is 9.53 Å². The Hall–Kier alpha value is -3.22. The van der Waals surface area contributed by atoms with Gasteiger partial charge >= 0.3 is 5.97 Å². The number of anilines is 1. The molecule has 1 N–H and O–H groups in total. The first-order valence-electron chi connectivity index (χ1n) is 7.91. The molecule has 1 aromatic carbocycles. The third-order valence-electron chi connectivity index (χ3n) is 4.35. The van der Waals surface area contributed by atoms with Crippen LogP contribution in [-0.2, 0) is 9.53 Å².